The van der Waals surface area contributed by atoms with Gasteiger partial charge in [0, 0.05) is 6.07 Å². The van der Waals surface area contributed by atoms with E-state index in [-0.39, 0.29) is 17.9 Å². The molecule has 0 aliphatic carbocycles. The first kappa shape index (κ1) is 20.0. The molecule has 0 aromatic heterocycles. The summed E-state index contributed by atoms with van der Waals surface area (Å²) < 4.78 is 34.9. The van der Waals surface area contributed by atoms with Crippen LogP contribution in [0, 0.1) is 11.6 Å². The molecular weight excluding hydrogens is 461 g/mol. The molecule has 0 aliphatic rings. The average molecular weight is 476 g/mol. The first-order valence-electron chi connectivity index (χ1n) is 7.43. The number of benzene rings is 2. The van der Waals surface area contributed by atoms with Gasteiger partial charge in [0.15, 0.2) is 0 Å². The highest BCUT2D eigenvalue weighted by Crippen LogP contribution is 2.18. The molecule has 0 heterocycles. The summed E-state index contributed by atoms with van der Waals surface area (Å²) in [5.74, 6) is -2.56. The van der Waals surface area contributed by atoms with Gasteiger partial charge in [-0.2, -0.15) is 0 Å². The molecule has 1 unspecified atom stereocenters. The lowest BCUT2D eigenvalue weighted by Crippen LogP contribution is -2.46. The van der Waals surface area contributed by atoms with Crippen molar-refractivity contribution < 1.29 is 28.2 Å². The van der Waals surface area contributed by atoms with Crippen molar-refractivity contribution in [3.05, 3.63) is 65.2 Å². The van der Waals surface area contributed by atoms with Crippen molar-refractivity contribution in [1.29, 1.82) is 0 Å². The van der Waals surface area contributed by atoms with E-state index in [1.54, 1.807) is 28.9 Å². The van der Waals surface area contributed by atoms with Crippen LogP contribution in [0.5, 0.6) is 5.75 Å². The quantitative estimate of drug-likeness (QED) is 0.422. The summed E-state index contributed by atoms with van der Waals surface area (Å²) in [6, 6.07) is 8.19. The fraction of sp³-hybridized carbons (Fsp3) is 0.176. The summed E-state index contributed by atoms with van der Waals surface area (Å²) in [7, 11) is 0. The molecule has 0 spiro atoms. The van der Waals surface area contributed by atoms with Crippen molar-refractivity contribution in [2.75, 3.05) is 6.61 Å². The minimum atomic E-state index is -1.19. The summed E-state index contributed by atoms with van der Waals surface area (Å²) in [6.07, 6.45) is 0. The van der Waals surface area contributed by atoms with Crippen molar-refractivity contribution in [3.8, 4) is 5.75 Å². The molecule has 1 atom stereocenters. The van der Waals surface area contributed by atoms with Crippen LogP contribution < -0.4 is 13.6 Å². The third kappa shape index (κ3) is 5.36. The Morgan fingerprint density at radius 1 is 1.19 bits per heavy atom. The Hall–Kier alpha value is -2.27. The number of carbonyl (C=O) groups excluding carboxylic acids is 2. The number of rotatable bonds is 7. The van der Waals surface area contributed by atoms with E-state index in [1.807, 2.05) is 0 Å². The van der Waals surface area contributed by atoms with Gasteiger partial charge in [-0.15, -0.1) is 0 Å². The van der Waals surface area contributed by atoms with Crippen molar-refractivity contribution in [1.82, 2.24) is 8.85 Å². The Bertz CT molecular complexity index is 804. The monoisotopic (exact) mass is 476 g/mol. The summed E-state index contributed by atoms with van der Waals surface area (Å²) in [4.78, 5) is 23.5. The number of ether oxygens (including phenoxy) is 1. The zero-order chi connectivity index (χ0) is 19.1. The molecule has 26 heavy (non-hydrogen) atoms. The fourth-order valence-electron chi connectivity index (χ4n) is 2.06. The topological polar surface area (TPSA) is 87.7 Å². The van der Waals surface area contributed by atoms with Crippen LogP contribution in [0.25, 0.3) is 0 Å². The van der Waals surface area contributed by atoms with E-state index in [2.05, 4.69) is 8.85 Å². The molecule has 2 rings (SSSR count). The Morgan fingerprint density at radius 3 is 2.58 bits per heavy atom. The maximum absolute atomic E-state index is 14.2. The number of nitrogens with one attached hydrogen (secondary N) is 2. The molecule has 0 bridgehead atoms. The van der Waals surface area contributed by atoms with Crippen LogP contribution in [0.15, 0.2) is 42.5 Å². The first-order valence-corrected chi connectivity index (χ1v) is 8.51. The van der Waals surface area contributed by atoms with E-state index in [0.29, 0.717) is 5.56 Å². The maximum Gasteiger partial charge on any atom is 0.254 e. The standard InChI is InChI=1S/C17H15F2IN2O4/c18-11-3-1-2-10(6-11)9-26-12-4-5-13(14(19)7-12)16(24)21-15(8-23)17(25)22-20/h1-7,15,23H,8-9H2,(H,21,24)(H,22,25). The predicted octanol–water partition coefficient (Wildman–Crippen LogP) is 2.10. The van der Waals surface area contributed by atoms with Gasteiger partial charge in [0.05, 0.1) is 35.0 Å². The summed E-state index contributed by atoms with van der Waals surface area (Å²) in [5.41, 5.74) is 0.269. The second kappa shape index (κ2) is 9.43. The van der Waals surface area contributed by atoms with Gasteiger partial charge in [-0.05, 0) is 29.8 Å². The average Bonchev–Trinajstić information content (AvgIpc) is 2.63. The number of hydrogen-bond donors (Lipinski definition) is 3. The van der Waals surface area contributed by atoms with E-state index < -0.39 is 36.1 Å². The number of aliphatic hydroxyl groups excluding tert-OH is 1. The van der Waals surface area contributed by atoms with Crippen LogP contribution in [0.3, 0.4) is 0 Å². The summed E-state index contributed by atoms with van der Waals surface area (Å²) in [5, 5.41) is 11.3. The molecule has 138 valence electrons. The van der Waals surface area contributed by atoms with Gasteiger partial charge in [0.1, 0.15) is 30.0 Å². The van der Waals surface area contributed by atoms with Gasteiger partial charge >= 0.3 is 0 Å². The number of hydrogen-bond acceptors (Lipinski definition) is 4. The van der Waals surface area contributed by atoms with Gasteiger partial charge in [-0.25, -0.2) is 8.78 Å². The molecule has 3 N–H and O–H groups in total. The van der Waals surface area contributed by atoms with Crippen LogP contribution >= 0.6 is 22.9 Å². The van der Waals surface area contributed by atoms with Crippen molar-refractivity contribution in [2.45, 2.75) is 12.6 Å². The van der Waals surface area contributed by atoms with E-state index in [4.69, 9.17) is 9.84 Å². The SMILES string of the molecule is O=C(NC(CO)C(=O)NI)c1ccc(OCc2cccc(F)c2)cc1F. The second-order valence-corrected chi connectivity index (χ2v) is 5.77. The predicted molar refractivity (Wildman–Crippen MR) is 97.6 cm³/mol. The van der Waals surface area contributed by atoms with Crippen molar-refractivity contribution in [2.24, 2.45) is 0 Å². The molecule has 2 aromatic carbocycles. The van der Waals surface area contributed by atoms with Gasteiger partial charge < -0.3 is 15.2 Å². The minimum absolute atomic E-state index is 0.0329. The lowest BCUT2D eigenvalue weighted by atomic mass is 10.1. The lowest BCUT2D eigenvalue weighted by Gasteiger charge is -2.14. The zero-order valence-electron chi connectivity index (χ0n) is 13.3. The summed E-state index contributed by atoms with van der Waals surface area (Å²) in [6.45, 7) is -0.595. The Balaban J connectivity index is 2.04. The molecule has 0 saturated heterocycles. The van der Waals surface area contributed by atoms with Gasteiger partial charge in [-0.1, -0.05) is 12.1 Å². The van der Waals surface area contributed by atoms with Crippen LogP contribution in [-0.2, 0) is 11.4 Å². The minimum Gasteiger partial charge on any atom is -0.489 e. The third-order valence-corrected chi connectivity index (χ3v) is 3.91. The van der Waals surface area contributed by atoms with Crippen LogP contribution in [0.1, 0.15) is 15.9 Å². The zero-order valence-corrected chi connectivity index (χ0v) is 15.5. The Kier molecular flexibility index (Phi) is 7.27. The van der Waals surface area contributed by atoms with Crippen molar-refractivity contribution in [3.63, 3.8) is 0 Å². The van der Waals surface area contributed by atoms with Crippen molar-refractivity contribution >= 4 is 34.7 Å². The highest BCUT2D eigenvalue weighted by Gasteiger charge is 2.21. The maximum atomic E-state index is 14.2. The smallest absolute Gasteiger partial charge is 0.254 e. The Labute approximate surface area is 162 Å². The normalized spacial score (nSPS) is 11.5. The lowest BCUT2D eigenvalue weighted by molar-refractivity contribution is -0.121. The molecule has 0 radical (unpaired) electrons. The highest BCUT2D eigenvalue weighted by atomic mass is 127. The number of halogens is 3. The molecule has 0 fully saturated rings. The van der Waals surface area contributed by atoms with E-state index in [9.17, 15) is 18.4 Å². The first-order chi connectivity index (χ1) is 12.4. The molecule has 0 aliphatic heterocycles. The summed E-state index contributed by atoms with van der Waals surface area (Å²) >= 11 is 1.56. The Morgan fingerprint density at radius 2 is 1.96 bits per heavy atom. The van der Waals surface area contributed by atoms with E-state index in [0.717, 1.165) is 6.07 Å². The van der Waals surface area contributed by atoms with Crippen LogP contribution in [-0.4, -0.2) is 29.6 Å². The molecule has 0 saturated carbocycles. The third-order valence-electron chi connectivity index (χ3n) is 3.38. The molecule has 2 amide bonds. The van der Waals surface area contributed by atoms with Gasteiger partial charge in [0.2, 0.25) is 0 Å². The molecule has 2 aromatic rings. The number of aliphatic hydroxyl groups is 1. The number of carbonyl (C=O) groups is 2. The highest BCUT2D eigenvalue weighted by molar-refractivity contribution is 14.1. The van der Waals surface area contributed by atoms with Gasteiger partial charge in [-0.3, -0.25) is 13.1 Å². The molecule has 6 nitrogen and oxygen atoms in total. The van der Waals surface area contributed by atoms with Gasteiger partial charge in [0.25, 0.3) is 11.8 Å². The van der Waals surface area contributed by atoms with Crippen LogP contribution in [0.4, 0.5) is 8.78 Å². The largest absolute Gasteiger partial charge is 0.489 e. The van der Waals surface area contributed by atoms with E-state index >= 15 is 0 Å². The fourth-order valence-corrected chi connectivity index (χ4v) is 2.44. The van der Waals surface area contributed by atoms with E-state index in [1.165, 1.54) is 30.3 Å². The number of amides is 2. The second-order valence-electron chi connectivity index (χ2n) is 5.23. The van der Waals surface area contributed by atoms with Crippen LogP contribution in [0.2, 0.25) is 0 Å². The molecular formula is C17H15F2IN2O4. The molecule has 9 heteroatoms.